The number of carbonyl (C=O) groups excluding carboxylic acids is 1. The number of para-hydroxylation sites is 1. The van der Waals surface area contributed by atoms with Gasteiger partial charge < -0.3 is 5.32 Å². The van der Waals surface area contributed by atoms with Crippen LogP contribution in [-0.4, -0.2) is 20.7 Å². The number of benzene rings is 2. The molecule has 5 nitrogen and oxygen atoms in total. The van der Waals surface area contributed by atoms with Crippen molar-refractivity contribution in [3.63, 3.8) is 0 Å². The quantitative estimate of drug-likeness (QED) is 0.523. The molecule has 0 atom stereocenters. The van der Waals surface area contributed by atoms with Crippen molar-refractivity contribution in [2.75, 3.05) is 5.32 Å². The number of hydrogen-bond acceptors (Lipinski definition) is 3. The summed E-state index contributed by atoms with van der Waals surface area (Å²) >= 11 is 0. The first-order valence-electron chi connectivity index (χ1n) is 9.26. The highest BCUT2D eigenvalue weighted by Gasteiger charge is 2.17. The van der Waals surface area contributed by atoms with Gasteiger partial charge in [-0.15, -0.1) is 0 Å². The summed E-state index contributed by atoms with van der Waals surface area (Å²) in [6.07, 6.45) is 3.12. The van der Waals surface area contributed by atoms with E-state index in [-0.39, 0.29) is 5.91 Å². The zero-order chi connectivity index (χ0) is 20.9. The van der Waals surface area contributed by atoms with Crippen molar-refractivity contribution in [3.8, 4) is 17.5 Å². The third kappa shape index (κ3) is 4.10. The van der Waals surface area contributed by atoms with Crippen LogP contribution in [0.25, 0.3) is 5.69 Å². The van der Waals surface area contributed by atoms with Gasteiger partial charge in [-0.3, -0.25) is 4.79 Å². The summed E-state index contributed by atoms with van der Waals surface area (Å²) in [6, 6.07) is 19.1. The van der Waals surface area contributed by atoms with E-state index < -0.39 is 5.82 Å². The smallest absolute Gasteiger partial charge is 0.259 e. The molecule has 0 aliphatic heterocycles. The SMILES string of the molecule is Cc1c(C(=O)Nc2cccc(C#Cc3ccccn3)c2)cnn1-c1ccccc1F. The minimum atomic E-state index is -0.408. The van der Waals surface area contributed by atoms with Crippen LogP contribution in [0.3, 0.4) is 0 Å². The van der Waals surface area contributed by atoms with Crippen LogP contribution >= 0.6 is 0 Å². The highest BCUT2D eigenvalue weighted by Crippen LogP contribution is 2.18. The van der Waals surface area contributed by atoms with Gasteiger partial charge in [0.15, 0.2) is 0 Å². The molecule has 4 rings (SSSR count). The van der Waals surface area contributed by atoms with Crippen LogP contribution in [0.5, 0.6) is 0 Å². The third-order valence-electron chi connectivity index (χ3n) is 4.46. The minimum Gasteiger partial charge on any atom is -0.322 e. The average molecular weight is 396 g/mol. The molecule has 4 aromatic rings. The molecule has 0 fully saturated rings. The fourth-order valence-corrected chi connectivity index (χ4v) is 2.94. The summed E-state index contributed by atoms with van der Waals surface area (Å²) < 4.78 is 15.5. The third-order valence-corrected chi connectivity index (χ3v) is 4.46. The molecule has 0 saturated heterocycles. The Morgan fingerprint density at radius 3 is 2.67 bits per heavy atom. The van der Waals surface area contributed by atoms with E-state index in [0.29, 0.717) is 28.3 Å². The van der Waals surface area contributed by atoms with E-state index in [1.54, 1.807) is 43.5 Å². The maximum atomic E-state index is 14.1. The lowest BCUT2D eigenvalue weighted by Crippen LogP contribution is -2.13. The van der Waals surface area contributed by atoms with E-state index in [1.807, 2.05) is 30.3 Å². The monoisotopic (exact) mass is 396 g/mol. The van der Waals surface area contributed by atoms with Crippen molar-refractivity contribution in [1.82, 2.24) is 14.8 Å². The summed E-state index contributed by atoms with van der Waals surface area (Å²) in [4.78, 5) is 16.9. The number of nitrogens with zero attached hydrogens (tertiary/aromatic N) is 3. The van der Waals surface area contributed by atoms with E-state index >= 15 is 0 Å². The normalized spacial score (nSPS) is 10.2. The number of amides is 1. The molecule has 2 heterocycles. The number of anilines is 1. The van der Waals surface area contributed by atoms with E-state index in [2.05, 4.69) is 27.2 Å². The van der Waals surface area contributed by atoms with Gasteiger partial charge in [-0.25, -0.2) is 14.1 Å². The van der Waals surface area contributed by atoms with Crippen LogP contribution in [0.15, 0.2) is 79.1 Å². The first-order valence-corrected chi connectivity index (χ1v) is 9.26. The molecule has 1 N–H and O–H groups in total. The Kier molecular flexibility index (Phi) is 5.35. The molecule has 0 aliphatic carbocycles. The Balaban J connectivity index is 1.54. The van der Waals surface area contributed by atoms with Crippen molar-refractivity contribution in [2.24, 2.45) is 0 Å². The molecule has 0 spiro atoms. The van der Waals surface area contributed by atoms with Crippen LogP contribution in [0.1, 0.15) is 27.3 Å². The number of carbonyl (C=O) groups is 1. The van der Waals surface area contributed by atoms with Gasteiger partial charge >= 0.3 is 0 Å². The second-order valence-electron chi connectivity index (χ2n) is 6.51. The summed E-state index contributed by atoms with van der Waals surface area (Å²) in [5.74, 6) is 5.29. The molecule has 0 aliphatic rings. The lowest BCUT2D eigenvalue weighted by atomic mass is 10.2. The van der Waals surface area contributed by atoms with Crippen molar-refractivity contribution in [2.45, 2.75) is 6.92 Å². The van der Waals surface area contributed by atoms with Gasteiger partial charge in [-0.2, -0.15) is 5.10 Å². The molecule has 146 valence electrons. The second-order valence-corrected chi connectivity index (χ2v) is 6.51. The Morgan fingerprint density at radius 2 is 1.87 bits per heavy atom. The highest BCUT2D eigenvalue weighted by molar-refractivity contribution is 6.05. The number of hydrogen-bond donors (Lipinski definition) is 1. The average Bonchev–Trinajstić information content (AvgIpc) is 3.15. The predicted molar refractivity (Wildman–Crippen MR) is 113 cm³/mol. The maximum absolute atomic E-state index is 14.1. The van der Waals surface area contributed by atoms with Crippen molar-refractivity contribution >= 4 is 11.6 Å². The molecule has 0 bridgehead atoms. The fraction of sp³-hybridized carbons (Fsp3) is 0.0417. The molecule has 6 heteroatoms. The number of nitrogens with one attached hydrogen (secondary N) is 1. The highest BCUT2D eigenvalue weighted by atomic mass is 19.1. The molecule has 0 unspecified atom stereocenters. The van der Waals surface area contributed by atoms with Gasteiger partial charge in [0.1, 0.15) is 17.2 Å². The van der Waals surface area contributed by atoms with Crippen molar-refractivity contribution < 1.29 is 9.18 Å². The molecule has 2 aromatic heterocycles. The molecule has 2 aromatic carbocycles. The van der Waals surface area contributed by atoms with Gasteiger partial charge in [0.05, 0.1) is 17.5 Å². The zero-order valence-electron chi connectivity index (χ0n) is 16.1. The Hall–Kier alpha value is -4.24. The van der Waals surface area contributed by atoms with Gasteiger partial charge in [0, 0.05) is 17.4 Å². The predicted octanol–water partition coefficient (Wildman–Crippen LogP) is 4.37. The maximum Gasteiger partial charge on any atom is 0.259 e. The molecular formula is C24H17FN4O. The largest absolute Gasteiger partial charge is 0.322 e. The molecule has 1 amide bonds. The number of halogens is 1. The number of aromatic nitrogens is 3. The molecule has 0 saturated carbocycles. The molecule has 0 radical (unpaired) electrons. The number of pyridine rings is 1. The summed E-state index contributed by atoms with van der Waals surface area (Å²) in [5, 5.41) is 7.02. The zero-order valence-corrected chi connectivity index (χ0v) is 16.1. The van der Waals surface area contributed by atoms with Crippen LogP contribution in [0.4, 0.5) is 10.1 Å². The Bertz CT molecular complexity index is 1270. The summed E-state index contributed by atoms with van der Waals surface area (Å²) in [5.41, 5.74) is 3.22. The van der Waals surface area contributed by atoms with Crippen LogP contribution < -0.4 is 5.32 Å². The summed E-state index contributed by atoms with van der Waals surface area (Å²) in [6.45, 7) is 1.73. The van der Waals surface area contributed by atoms with Gasteiger partial charge in [0.2, 0.25) is 0 Å². The number of rotatable bonds is 3. The molecule has 30 heavy (non-hydrogen) atoms. The van der Waals surface area contributed by atoms with Crippen LogP contribution in [-0.2, 0) is 0 Å². The molecular weight excluding hydrogens is 379 g/mol. The van der Waals surface area contributed by atoms with E-state index in [0.717, 1.165) is 5.56 Å². The van der Waals surface area contributed by atoms with Gasteiger partial charge in [-0.05, 0) is 55.3 Å². The van der Waals surface area contributed by atoms with E-state index in [9.17, 15) is 9.18 Å². The minimum absolute atomic E-state index is 0.292. The van der Waals surface area contributed by atoms with Gasteiger partial charge in [-0.1, -0.05) is 30.2 Å². The van der Waals surface area contributed by atoms with Crippen LogP contribution in [0, 0.1) is 24.6 Å². The van der Waals surface area contributed by atoms with E-state index in [4.69, 9.17) is 0 Å². The standard InChI is InChI=1S/C24H17FN4O/c1-17-21(16-27-29(17)23-11-3-2-10-22(23)25)24(30)28-20-9-6-7-18(15-20)12-13-19-8-4-5-14-26-19/h2-11,14-16H,1H3,(H,28,30). The fourth-order valence-electron chi connectivity index (χ4n) is 2.94. The first kappa shape index (κ1) is 19.1. The van der Waals surface area contributed by atoms with Gasteiger partial charge in [0.25, 0.3) is 5.91 Å². The second kappa shape index (κ2) is 8.41. The van der Waals surface area contributed by atoms with Crippen molar-refractivity contribution in [3.05, 3.63) is 107 Å². The lowest BCUT2D eigenvalue weighted by Gasteiger charge is -2.07. The lowest BCUT2D eigenvalue weighted by molar-refractivity contribution is 0.102. The first-order chi connectivity index (χ1) is 14.6. The Morgan fingerprint density at radius 1 is 1.03 bits per heavy atom. The summed E-state index contributed by atoms with van der Waals surface area (Å²) in [7, 11) is 0. The van der Waals surface area contributed by atoms with E-state index in [1.165, 1.54) is 16.9 Å². The van der Waals surface area contributed by atoms with Crippen molar-refractivity contribution in [1.29, 1.82) is 0 Å². The Labute approximate surface area is 173 Å². The van der Waals surface area contributed by atoms with Crippen LogP contribution in [0.2, 0.25) is 0 Å². The topological polar surface area (TPSA) is 59.8 Å².